The summed E-state index contributed by atoms with van der Waals surface area (Å²) in [5, 5.41) is 4.09. The van der Waals surface area contributed by atoms with Crippen molar-refractivity contribution < 1.29 is 14.1 Å². The second kappa shape index (κ2) is 7.66. The summed E-state index contributed by atoms with van der Waals surface area (Å²) in [6.07, 6.45) is 2.46. The highest BCUT2D eigenvalue weighted by molar-refractivity contribution is 5.78. The molecular formula is C19H30N4O3. The predicted octanol–water partition coefficient (Wildman–Crippen LogP) is 1.05. The lowest BCUT2D eigenvalue weighted by Gasteiger charge is -2.37. The van der Waals surface area contributed by atoms with Crippen LogP contribution in [0.1, 0.15) is 29.9 Å². The van der Waals surface area contributed by atoms with Crippen molar-refractivity contribution >= 4 is 5.91 Å². The molecule has 1 aromatic rings. The number of amides is 1. The van der Waals surface area contributed by atoms with Gasteiger partial charge in [0.15, 0.2) is 0 Å². The van der Waals surface area contributed by atoms with E-state index in [0.29, 0.717) is 31.7 Å². The van der Waals surface area contributed by atoms with Gasteiger partial charge in [-0.3, -0.25) is 14.6 Å². The third kappa shape index (κ3) is 3.80. The van der Waals surface area contributed by atoms with Crippen molar-refractivity contribution in [2.24, 2.45) is 5.92 Å². The van der Waals surface area contributed by atoms with E-state index in [-0.39, 0.29) is 5.91 Å². The van der Waals surface area contributed by atoms with Crippen molar-refractivity contribution in [2.45, 2.75) is 39.3 Å². The fraction of sp³-hybridized carbons (Fsp3) is 0.789. The number of piperidine rings is 1. The fourth-order valence-corrected chi connectivity index (χ4v) is 4.64. The zero-order valence-electron chi connectivity index (χ0n) is 15.9. The van der Waals surface area contributed by atoms with E-state index < -0.39 is 0 Å². The number of hydrogen-bond donors (Lipinski definition) is 0. The molecule has 0 saturated carbocycles. The van der Waals surface area contributed by atoms with Gasteiger partial charge >= 0.3 is 0 Å². The summed E-state index contributed by atoms with van der Waals surface area (Å²) in [4.78, 5) is 19.6. The molecule has 26 heavy (non-hydrogen) atoms. The fourth-order valence-electron chi connectivity index (χ4n) is 4.64. The maximum Gasteiger partial charge on any atom is 0.236 e. The lowest BCUT2D eigenvalue weighted by Crippen LogP contribution is -2.51. The van der Waals surface area contributed by atoms with E-state index in [1.54, 1.807) is 0 Å². The summed E-state index contributed by atoms with van der Waals surface area (Å²) in [5.74, 6) is 1.84. The topological polar surface area (TPSA) is 62.1 Å². The number of nitrogens with zero attached hydrogens (tertiary/aromatic N) is 4. The molecule has 0 radical (unpaired) electrons. The Bertz CT molecular complexity index is 621. The van der Waals surface area contributed by atoms with Crippen LogP contribution < -0.4 is 0 Å². The van der Waals surface area contributed by atoms with Crippen molar-refractivity contribution in [3.63, 3.8) is 0 Å². The van der Waals surface area contributed by atoms with Crippen LogP contribution in [0.2, 0.25) is 0 Å². The normalized spacial score (nSPS) is 27.7. The van der Waals surface area contributed by atoms with Gasteiger partial charge in [0, 0.05) is 50.9 Å². The zero-order valence-corrected chi connectivity index (χ0v) is 15.9. The average Bonchev–Trinajstić information content (AvgIpc) is 2.82. The minimum absolute atomic E-state index is 0.262. The molecular weight excluding hydrogens is 332 g/mol. The summed E-state index contributed by atoms with van der Waals surface area (Å²) in [7, 11) is 0. The van der Waals surface area contributed by atoms with Gasteiger partial charge in [0.2, 0.25) is 5.91 Å². The van der Waals surface area contributed by atoms with E-state index in [0.717, 1.165) is 50.7 Å². The lowest BCUT2D eigenvalue weighted by molar-refractivity contribution is -0.137. The van der Waals surface area contributed by atoms with Crippen molar-refractivity contribution in [3.05, 3.63) is 17.0 Å². The van der Waals surface area contributed by atoms with Crippen molar-refractivity contribution in [1.29, 1.82) is 0 Å². The molecule has 4 saturated heterocycles. The zero-order chi connectivity index (χ0) is 18.1. The van der Waals surface area contributed by atoms with Gasteiger partial charge < -0.3 is 14.2 Å². The molecule has 5 heterocycles. The van der Waals surface area contributed by atoms with Crippen LogP contribution in [-0.4, -0.2) is 84.3 Å². The Morgan fingerprint density at radius 1 is 1.15 bits per heavy atom. The third-order valence-corrected chi connectivity index (χ3v) is 6.17. The van der Waals surface area contributed by atoms with Gasteiger partial charge in [0.25, 0.3) is 0 Å². The highest BCUT2D eigenvalue weighted by atomic mass is 16.5. The van der Waals surface area contributed by atoms with E-state index in [1.807, 2.05) is 18.7 Å². The molecule has 144 valence electrons. The van der Waals surface area contributed by atoms with Crippen LogP contribution in [0.25, 0.3) is 0 Å². The molecule has 4 aliphatic heterocycles. The molecule has 0 spiro atoms. The largest absolute Gasteiger partial charge is 0.378 e. The number of fused-ring (bicyclic) bond motifs is 4. The molecule has 1 aromatic heterocycles. The molecule has 2 bridgehead atoms. The Morgan fingerprint density at radius 3 is 2.69 bits per heavy atom. The summed E-state index contributed by atoms with van der Waals surface area (Å²) in [5.41, 5.74) is 2.22. The monoisotopic (exact) mass is 362 g/mol. The molecule has 0 unspecified atom stereocenters. The second-order valence-electron chi connectivity index (χ2n) is 8.02. The van der Waals surface area contributed by atoms with Gasteiger partial charge in [-0.1, -0.05) is 5.16 Å². The van der Waals surface area contributed by atoms with Crippen LogP contribution in [-0.2, 0) is 16.1 Å². The molecule has 5 rings (SSSR count). The first-order valence-corrected chi connectivity index (χ1v) is 9.84. The minimum atomic E-state index is 0.262. The second-order valence-corrected chi connectivity index (χ2v) is 8.02. The highest BCUT2D eigenvalue weighted by Gasteiger charge is 2.36. The van der Waals surface area contributed by atoms with E-state index >= 15 is 0 Å². The van der Waals surface area contributed by atoms with Crippen LogP contribution in [0.15, 0.2) is 4.52 Å². The van der Waals surface area contributed by atoms with Gasteiger partial charge in [-0.25, -0.2) is 0 Å². The highest BCUT2D eigenvalue weighted by Crippen LogP contribution is 2.29. The Balaban J connectivity index is 1.39. The molecule has 1 amide bonds. The quantitative estimate of drug-likeness (QED) is 0.798. The summed E-state index contributed by atoms with van der Waals surface area (Å²) in [6.45, 7) is 11.4. The van der Waals surface area contributed by atoms with E-state index in [2.05, 4.69) is 15.0 Å². The van der Waals surface area contributed by atoms with E-state index in [4.69, 9.17) is 9.26 Å². The molecule has 7 heteroatoms. The van der Waals surface area contributed by atoms with Gasteiger partial charge in [-0.2, -0.15) is 0 Å². The number of hydrogen-bond acceptors (Lipinski definition) is 6. The standard InChI is InChI=1S/C19H30N4O3/c1-14-18(15(2)26-20-14)12-21-9-16-3-4-17(11-21)23(10-16)13-19(24)22-5-7-25-8-6-22/h16-17H,3-13H2,1-2H3/t16-,17+/m0/s1. The first kappa shape index (κ1) is 17.9. The smallest absolute Gasteiger partial charge is 0.236 e. The summed E-state index contributed by atoms with van der Waals surface area (Å²) >= 11 is 0. The maximum atomic E-state index is 12.7. The van der Waals surface area contributed by atoms with Gasteiger partial charge in [0.05, 0.1) is 25.5 Å². The number of carbonyl (C=O) groups excluding carboxylic acids is 1. The van der Waals surface area contributed by atoms with Crippen LogP contribution >= 0.6 is 0 Å². The Hall–Kier alpha value is -1.44. The average molecular weight is 362 g/mol. The number of morpholine rings is 1. The maximum absolute atomic E-state index is 12.7. The van der Waals surface area contributed by atoms with Gasteiger partial charge in [-0.15, -0.1) is 0 Å². The van der Waals surface area contributed by atoms with Crippen molar-refractivity contribution in [2.75, 3.05) is 52.5 Å². The van der Waals surface area contributed by atoms with Crippen molar-refractivity contribution in [3.8, 4) is 0 Å². The molecule has 4 fully saturated rings. The van der Waals surface area contributed by atoms with Gasteiger partial charge in [-0.05, 0) is 32.6 Å². The van der Waals surface area contributed by atoms with Gasteiger partial charge in [0.1, 0.15) is 5.76 Å². The van der Waals surface area contributed by atoms with Crippen LogP contribution in [0.5, 0.6) is 0 Å². The van der Waals surface area contributed by atoms with Crippen LogP contribution in [0.3, 0.4) is 0 Å². The number of aromatic nitrogens is 1. The number of ether oxygens (including phenoxy) is 1. The Labute approximate surface area is 155 Å². The third-order valence-electron chi connectivity index (χ3n) is 6.17. The molecule has 2 atom stereocenters. The van der Waals surface area contributed by atoms with Crippen LogP contribution in [0.4, 0.5) is 0 Å². The first-order chi connectivity index (χ1) is 12.6. The number of aryl methyl sites for hydroxylation is 2. The molecule has 4 aliphatic rings. The van der Waals surface area contributed by atoms with Crippen molar-refractivity contribution in [1.82, 2.24) is 19.9 Å². The molecule has 0 aliphatic carbocycles. The summed E-state index contributed by atoms with van der Waals surface area (Å²) < 4.78 is 10.7. The Morgan fingerprint density at radius 2 is 1.96 bits per heavy atom. The van der Waals surface area contributed by atoms with Crippen LogP contribution in [0, 0.1) is 19.8 Å². The molecule has 0 N–H and O–H groups in total. The van der Waals surface area contributed by atoms with E-state index in [9.17, 15) is 4.79 Å². The SMILES string of the molecule is Cc1noc(C)c1CN1C[C@@H]2CC[C@H](C1)N(CC(=O)N1CCOCC1)C2. The summed E-state index contributed by atoms with van der Waals surface area (Å²) in [6, 6.07) is 0.471. The minimum Gasteiger partial charge on any atom is -0.378 e. The number of carbonyl (C=O) groups is 1. The lowest BCUT2D eigenvalue weighted by atomic mass is 9.95. The predicted molar refractivity (Wildman–Crippen MR) is 96.7 cm³/mol. The first-order valence-electron chi connectivity index (χ1n) is 9.84. The number of rotatable bonds is 4. The van der Waals surface area contributed by atoms with E-state index in [1.165, 1.54) is 18.4 Å². The molecule has 0 aromatic carbocycles. The molecule has 7 nitrogen and oxygen atoms in total. The Kier molecular flexibility index (Phi) is 5.29.